The maximum atomic E-state index is 14.1. The van der Waals surface area contributed by atoms with Crippen molar-refractivity contribution in [1.82, 2.24) is 4.31 Å². The predicted octanol–water partition coefficient (Wildman–Crippen LogP) is 5.14. The molecule has 5 rings (SSSR count). The van der Waals surface area contributed by atoms with Crippen molar-refractivity contribution in [3.63, 3.8) is 0 Å². The van der Waals surface area contributed by atoms with Crippen molar-refractivity contribution in [2.24, 2.45) is 0 Å². The molecule has 0 bridgehead atoms. The molecule has 1 N–H and O–H groups in total. The number of aliphatic hydroxyl groups excluding tert-OH is 1. The number of hydrogen-bond acceptors (Lipinski definition) is 8. The second-order valence-corrected chi connectivity index (χ2v) is 14.0. The Morgan fingerprint density at radius 3 is 2.49 bits per heavy atom. The van der Waals surface area contributed by atoms with Crippen molar-refractivity contribution in [2.75, 3.05) is 52.0 Å². The summed E-state index contributed by atoms with van der Waals surface area (Å²) < 4.78 is 53.0. The number of piperidine rings is 1. The average Bonchev–Trinajstić information content (AvgIpc) is 3.04. The highest BCUT2D eigenvalue weighted by atomic mass is 32.2. The van der Waals surface area contributed by atoms with Gasteiger partial charge in [0.15, 0.2) is 0 Å². The predicted molar refractivity (Wildman–Crippen MR) is 175 cm³/mol. The molecule has 0 aliphatic carbocycles. The van der Waals surface area contributed by atoms with Crippen molar-refractivity contribution in [2.45, 2.75) is 68.8 Å². The van der Waals surface area contributed by atoms with Gasteiger partial charge in [0, 0.05) is 38.8 Å². The number of sulfonamides is 1. The van der Waals surface area contributed by atoms with Crippen LogP contribution in [0.1, 0.15) is 48.8 Å². The van der Waals surface area contributed by atoms with Crippen LogP contribution in [0.4, 0.5) is 5.69 Å². The van der Waals surface area contributed by atoms with Gasteiger partial charge < -0.3 is 29.0 Å². The number of aryl methyl sites for hydroxylation is 1. The number of aliphatic hydroxyl groups is 1. The van der Waals surface area contributed by atoms with Gasteiger partial charge >= 0.3 is 0 Å². The molecule has 45 heavy (non-hydrogen) atoms. The first kappa shape index (κ1) is 33.2. The number of benzene rings is 3. The Morgan fingerprint density at radius 1 is 1.04 bits per heavy atom. The summed E-state index contributed by atoms with van der Waals surface area (Å²) in [5, 5.41) is 10.4. The average molecular weight is 639 g/mol. The Hall–Kier alpha value is -3.15. The van der Waals surface area contributed by atoms with E-state index in [0.29, 0.717) is 32.7 Å². The van der Waals surface area contributed by atoms with Crippen LogP contribution < -0.4 is 14.4 Å². The van der Waals surface area contributed by atoms with E-state index in [9.17, 15) is 13.5 Å². The van der Waals surface area contributed by atoms with Crippen LogP contribution in [-0.2, 0) is 26.1 Å². The molecule has 0 saturated carbocycles. The summed E-state index contributed by atoms with van der Waals surface area (Å²) in [7, 11) is -0.497. The Morgan fingerprint density at radius 2 is 1.80 bits per heavy atom. The largest absolute Gasteiger partial charge is 0.497 e. The van der Waals surface area contributed by atoms with E-state index in [0.717, 1.165) is 53.4 Å². The van der Waals surface area contributed by atoms with Gasteiger partial charge in [-0.25, -0.2) is 8.42 Å². The van der Waals surface area contributed by atoms with E-state index in [2.05, 4.69) is 11.0 Å². The van der Waals surface area contributed by atoms with E-state index < -0.39 is 28.3 Å². The third-order valence-electron chi connectivity index (χ3n) is 8.75. The first-order chi connectivity index (χ1) is 21.7. The van der Waals surface area contributed by atoms with E-state index in [1.54, 1.807) is 37.6 Å². The molecule has 3 aromatic carbocycles. The lowest BCUT2D eigenvalue weighted by atomic mass is 9.82. The lowest BCUT2D eigenvalue weighted by molar-refractivity contribution is -0.0254. The van der Waals surface area contributed by atoms with Crippen molar-refractivity contribution in [1.29, 1.82) is 0 Å². The Labute approximate surface area is 267 Å². The van der Waals surface area contributed by atoms with Crippen LogP contribution in [0.25, 0.3) is 0 Å². The van der Waals surface area contributed by atoms with Crippen molar-refractivity contribution in [3.8, 4) is 11.5 Å². The molecule has 244 valence electrons. The molecule has 10 heteroatoms. The molecular weight excluding hydrogens is 592 g/mol. The number of ether oxygens (including phenoxy) is 4. The second-order valence-electron chi connectivity index (χ2n) is 12.1. The molecule has 2 aliphatic heterocycles. The number of nitrogens with zero attached hydrogens (tertiary/aromatic N) is 2. The summed E-state index contributed by atoms with van der Waals surface area (Å²) in [6.07, 6.45) is 0.673. The van der Waals surface area contributed by atoms with E-state index in [-0.39, 0.29) is 17.4 Å². The maximum absolute atomic E-state index is 14.1. The van der Waals surface area contributed by atoms with E-state index in [4.69, 9.17) is 18.9 Å². The molecule has 0 amide bonds. The molecule has 4 atom stereocenters. The zero-order chi connectivity index (χ0) is 32.0. The van der Waals surface area contributed by atoms with Gasteiger partial charge in [0.1, 0.15) is 18.1 Å². The molecule has 1 saturated heterocycles. The molecule has 0 radical (unpaired) electrons. The molecule has 0 aromatic heterocycles. The van der Waals surface area contributed by atoms with Crippen molar-refractivity contribution >= 4 is 15.7 Å². The number of rotatable bonds is 13. The summed E-state index contributed by atoms with van der Waals surface area (Å²) in [4.78, 5) is 2.56. The second kappa shape index (κ2) is 15.0. The third-order valence-corrected chi connectivity index (χ3v) is 10.7. The fourth-order valence-corrected chi connectivity index (χ4v) is 8.04. The van der Waals surface area contributed by atoms with Crippen LogP contribution in [0.5, 0.6) is 11.5 Å². The van der Waals surface area contributed by atoms with E-state index >= 15 is 0 Å². The minimum absolute atomic E-state index is 0.0874. The normalized spacial score (nSPS) is 21.2. The quantitative estimate of drug-likeness (QED) is 0.257. The molecule has 2 aliphatic rings. The highest BCUT2D eigenvalue weighted by molar-refractivity contribution is 7.89. The fourth-order valence-electron chi connectivity index (χ4n) is 6.38. The lowest BCUT2D eigenvalue weighted by Gasteiger charge is -2.44. The highest BCUT2D eigenvalue weighted by Gasteiger charge is 2.43. The number of anilines is 1. The smallest absolute Gasteiger partial charge is 0.243 e. The number of fused-ring (bicyclic) bond motifs is 1. The molecule has 2 heterocycles. The summed E-state index contributed by atoms with van der Waals surface area (Å²) in [5.74, 6) is 1.52. The Bertz CT molecular complexity index is 1500. The van der Waals surface area contributed by atoms with Gasteiger partial charge in [0.2, 0.25) is 10.0 Å². The number of methoxy groups -OCH3 is 2. The topological polar surface area (TPSA) is 97.8 Å². The van der Waals surface area contributed by atoms with Crippen LogP contribution in [0, 0.1) is 6.92 Å². The molecule has 1 fully saturated rings. The minimum atomic E-state index is -3.85. The van der Waals surface area contributed by atoms with Gasteiger partial charge in [-0.15, -0.1) is 0 Å². The van der Waals surface area contributed by atoms with Crippen molar-refractivity contribution in [3.05, 3.63) is 83.4 Å². The molecular formula is C35H46N2O7S. The monoisotopic (exact) mass is 638 g/mol. The van der Waals surface area contributed by atoms with Crippen LogP contribution in [0.3, 0.4) is 0 Å². The van der Waals surface area contributed by atoms with Gasteiger partial charge in [0.05, 0.1) is 43.1 Å². The van der Waals surface area contributed by atoms with Gasteiger partial charge in [-0.05, 0) is 80.6 Å². The van der Waals surface area contributed by atoms with Crippen LogP contribution in [0.15, 0.2) is 71.6 Å². The maximum Gasteiger partial charge on any atom is 0.243 e. The van der Waals surface area contributed by atoms with Crippen molar-refractivity contribution < 1.29 is 32.5 Å². The zero-order valence-corrected chi connectivity index (χ0v) is 27.5. The van der Waals surface area contributed by atoms with Gasteiger partial charge in [0.25, 0.3) is 0 Å². The third kappa shape index (κ3) is 7.99. The molecule has 0 unspecified atom stereocenters. The Balaban J connectivity index is 1.44. The molecule has 9 nitrogen and oxygen atoms in total. The summed E-state index contributed by atoms with van der Waals surface area (Å²) in [6.45, 7) is 7.13. The minimum Gasteiger partial charge on any atom is -0.497 e. The van der Waals surface area contributed by atoms with Crippen LogP contribution in [0.2, 0.25) is 0 Å². The van der Waals surface area contributed by atoms with Crippen LogP contribution in [-0.4, -0.2) is 83.1 Å². The lowest BCUT2D eigenvalue weighted by Crippen LogP contribution is -2.53. The molecule has 3 aromatic rings. The van der Waals surface area contributed by atoms with Gasteiger partial charge in [-0.2, -0.15) is 4.31 Å². The summed E-state index contributed by atoms with van der Waals surface area (Å²) in [6, 6.07) is 20.6. The van der Waals surface area contributed by atoms with Gasteiger partial charge in [-0.3, -0.25) is 0 Å². The highest BCUT2D eigenvalue weighted by Crippen LogP contribution is 2.39. The van der Waals surface area contributed by atoms with Crippen LogP contribution >= 0.6 is 0 Å². The first-order valence-corrected chi connectivity index (χ1v) is 17.2. The first-order valence-electron chi connectivity index (χ1n) is 15.7. The standard InChI is InChI=1S/C35H46N2O7S/c1-25-6-13-31(14-7-25)45(39,40)37-23-35(32(22-29(37)20-26(2)38)28-9-11-30(42-4)12-10-28)44-24-27-8-15-34-33(21-27)36(17-19-43-34)16-5-18-41-3/h6-15,21,26,29,32,35,38H,5,16-20,22-24H2,1-4H3/t26-,29-,32-,35+/m1/s1. The van der Waals surface area contributed by atoms with E-state index in [1.807, 2.05) is 55.5 Å². The fraction of sp³-hybridized carbons (Fsp3) is 0.486. The number of hydrogen-bond donors (Lipinski definition) is 1. The zero-order valence-electron chi connectivity index (χ0n) is 26.7. The summed E-state index contributed by atoms with van der Waals surface area (Å²) >= 11 is 0. The van der Waals surface area contributed by atoms with E-state index in [1.165, 1.54) is 0 Å². The molecule has 0 spiro atoms. The van der Waals surface area contributed by atoms with Gasteiger partial charge in [-0.1, -0.05) is 35.9 Å². The SMILES string of the molecule is COCCCN1CCOc2ccc(CO[C@H]3CN(S(=O)(=O)c4ccc(C)cc4)[C@H](C[C@@H](C)O)C[C@@H]3c3ccc(OC)cc3)cc21. The summed E-state index contributed by atoms with van der Waals surface area (Å²) in [5.41, 5.74) is 4.06. The Kier molecular flexibility index (Phi) is 11.0.